The van der Waals surface area contributed by atoms with E-state index in [0.29, 0.717) is 12.2 Å². The number of nitrogens with one attached hydrogen (secondary N) is 1. The van der Waals surface area contributed by atoms with Gasteiger partial charge in [0.25, 0.3) is 0 Å². The number of aliphatic hydroxyl groups is 1. The van der Waals surface area contributed by atoms with Gasteiger partial charge in [-0.3, -0.25) is 4.98 Å². The Morgan fingerprint density at radius 2 is 2.12 bits per heavy atom. The number of hydrogen-bond acceptors (Lipinski definition) is 4. The highest BCUT2D eigenvalue weighted by Crippen LogP contribution is 2.17. The Labute approximate surface area is 103 Å². The topological polar surface area (TPSA) is 65.4 Å². The molecular formula is C13H22N2O2. The number of hydrogen-bond donors (Lipinski definition) is 3. The number of aryl methyl sites for hydroxylation is 1. The van der Waals surface area contributed by atoms with Crippen LogP contribution in [0.4, 0.5) is 0 Å². The van der Waals surface area contributed by atoms with E-state index in [1.165, 1.54) is 0 Å². The number of pyridine rings is 1. The lowest BCUT2D eigenvalue weighted by Crippen LogP contribution is -2.45. The maximum absolute atomic E-state index is 9.67. The molecule has 0 bridgehead atoms. The molecule has 0 amide bonds. The summed E-state index contributed by atoms with van der Waals surface area (Å²) in [7, 11) is 0. The minimum atomic E-state index is -0.313. The quantitative estimate of drug-likeness (QED) is 0.706. The standard InChI is InChI=1S/C13H22N2O2/c1-4-7-13(3,9-16)14-8-11-12(17)6-5-10(2)15-11/h5-6,14,16-17H,4,7-9H2,1-3H3. The van der Waals surface area contributed by atoms with E-state index in [9.17, 15) is 10.2 Å². The first kappa shape index (κ1) is 13.9. The summed E-state index contributed by atoms with van der Waals surface area (Å²) in [5, 5.41) is 22.3. The van der Waals surface area contributed by atoms with Crippen molar-refractivity contribution in [3.05, 3.63) is 23.5 Å². The molecule has 96 valence electrons. The van der Waals surface area contributed by atoms with E-state index in [4.69, 9.17) is 0 Å². The van der Waals surface area contributed by atoms with E-state index < -0.39 is 0 Å². The zero-order valence-electron chi connectivity index (χ0n) is 10.8. The van der Waals surface area contributed by atoms with Crippen LogP contribution in [0.1, 0.15) is 38.1 Å². The third kappa shape index (κ3) is 3.98. The van der Waals surface area contributed by atoms with Crippen LogP contribution in [0.3, 0.4) is 0 Å². The van der Waals surface area contributed by atoms with Crippen molar-refractivity contribution in [2.24, 2.45) is 0 Å². The summed E-state index contributed by atoms with van der Waals surface area (Å²) in [5.74, 6) is 0.194. The van der Waals surface area contributed by atoms with Crippen molar-refractivity contribution in [3.8, 4) is 5.75 Å². The Hall–Kier alpha value is -1.13. The molecule has 0 aromatic carbocycles. The van der Waals surface area contributed by atoms with E-state index in [2.05, 4.69) is 17.2 Å². The monoisotopic (exact) mass is 238 g/mol. The second kappa shape index (κ2) is 5.98. The van der Waals surface area contributed by atoms with Crippen LogP contribution in [0, 0.1) is 6.92 Å². The van der Waals surface area contributed by atoms with Crippen molar-refractivity contribution in [1.82, 2.24) is 10.3 Å². The number of aromatic hydroxyl groups is 1. The fraction of sp³-hybridized carbons (Fsp3) is 0.615. The Morgan fingerprint density at radius 1 is 1.41 bits per heavy atom. The third-order valence-corrected chi connectivity index (χ3v) is 2.92. The van der Waals surface area contributed by atoms with Crippen molar-refractivity contribution in [2.75, 3.05) is 6.61 Å². The summed E-state index contributed by atoms with van der Waals surface area (Å²) in [6, 6.07) is 3.42. The van der Waals surface area contributed by atoms with Gasteiger partial charge in [-0.25, -0.2) is 0 Å². The lowest BCUT2D eigenvalue weighted by atomic mass is 9.97. The smallest absolute Gasteiger partial charge is 0.138 e. The summed E-state index contributed by atoms with van der Waals surface area (Å²) in [6.45, 7) is 6.49. The average Bonchev–Trinajstić information content (AvgIpc) is 2.31. The molecule has 4 heteroatoms. The normalized spacial score (nSPS) is 14.6. The van der Waals surface area contributed by atoms with Crippen molar-refractivity contribution in [1.29, 1.82) is 0 Å². The molecule has 1 aromatic heterocycles. The lowest BCUT2D eigenvalue weighted by molar-refractivity contribution is 0.162. The Bertz CT molecular complexity index is 368. The Balaban J connectivity index is 2.68. The first-order valence-corrected chi connectivity index (χ1v) is 6.02. The number of rotatable bonds is 6. The highest BCUT2D eigenvalue weighted by Gasteiger charge is 2.21. The lowest BCUT2D eigenvalue weighted by Gasteiger charge is -2.28. The molecule has 1 aromatic rings. The van der Waals surface area contributed by atoms with Crippen molar-refractivity contribution in [2.45, 2.75) is 45.7 Å². The van der Waals surface area contributed by atoms with Gasteiger partial charge >= 0.3 is 0 Å². The maximum Gasteiger partial charge on any atom is 0.138 e. The zero-order valence-corrected chi connectivity index (χ0v) is 10.8. The van der Waals surface area contributed by atoms with Gasteiger partial charge in [-0.1, -0.05) is 13.3 Å². The molecule has 4 nitrogen and oxygen atoms in total. The van der Waals surface area contributed by atoms with Crippen LogP contribution < -0.4 is 5.32 Å². The van der Waals surface area contributed by atoms with E-state index in [-0.39, 0.29) is 17.9 Å². The van der Waals surface area contributed by atoms with Gasteiger partial charge in [0.15, 0.2) is 0 Å². The zero-order chi connectivity index (χ0) is 12.9. The molecule has 3 N–H and O–H groups in total. The van der Waals surface area contributed by atoms with E-state index in [0.717, 1.165) is 18.5 Å². The average molecular weight is 238 g/mol. The van der Waals surface area contributed by atoms with Crippen LogP contribution in [-0.4, -0.2) is 27.3 Å². The molecule has 0 aliphatic rings. The van der Waals surface area contributed by atoms with E-state index in [1.54, 1.807) is 12.1 Å². The highest BCUT2D eigenvalue weighted by atomic mass is 16.3. The molecule has 0 radical (unpaired) electrons. The fourth-order valence-electron chi connectivity index (χ4n) is 1.81. The van der Waals surface area contributed by atoms with Crippen LogP contribution in [0.15, 0.2) is 12.1 Å². The van der Waals surface area contributed by atoms with Gasteiger partial charge in [-0.05, 0) is 32.4 Å². The minimum absolute atomic E-state index is 0.0768. The molecule has 0 fully saturated rings. The largest absolute Gasteiger partial charge is 0.506 e. The molecule has 0 saturated carbocycles. The predicted molar refractivity (Wildman–Crippen MR) is 67.9 cm³/mol. The SMILES string of the molecule is CCCC(C)(CO)NCc1nc(C)ccc1O. The maximum atomic E-state index is 9.67. The number of nitrogens with zero attached hydrogens (tertiary/aromatic N) is 1. The van der Waals surface area contributed by atoms with Gasteiger partial charge < -0.3 is 15.5 Å². The molecular weight excluding hydrogens is 216 g/mol. The van der Waals surface area contributed by atoms with Gasteiger partial charge in [-0.2, -0.15) is 0 Å². The van der Waals surface area contributed by atoms with Gasteiger partial charge in [-0.15, -0.1) is 0 Å². The van der Waals surface area contributed by atoms with Crippen molar-refractivity contribution < 1.29 is 10.2 Å². The molecule has 17 heavy (non-hydrogen) atoms. The van der Waals surface area contributed by atoms with Crippen molar-refractivity contribution in [3.63, 3.8) is 0 Å². The molecule has 0 aliphatic carbocycles. The van der Waals surface area contributed by atoms with Gasteiger partial charge in [0.05, 0.1) is 12.3 Å². The summed E-state index contributed by atoms with van der Waals surface area (Å²) in [5.41, 5.74) is 1.19. The number of aromatic nitrogens is 1. The number of aliphatic hydroxyl groups excluding tert-OH is 1. The second-order valence-corrected chi connectivity index (χ2v) is 4.74. The highest BCUT2D eigenvalue weighted by molar-refractivity contribution is 5.27. The Morgan fingerprint density at radius 3 is 2.71 bits per heavy atom. The molecule has 1 atom stereocenters. The van der Waals surface area contributed by atoms with Gasteiger partial charge in [0, 0.05) is 17.8 Å². The first-order chi connectivity index (χ1) is 8.00. The summed E-state index contributed by atoms with van der Waals surface area (Å²) in [6.07, 6.45) is 1.88. The Kier molecular flexibility index (Phi) is 4.90. The minimum Gasteiger partial charge on any atom is -0.506 e. The molecule has 0 aliphatic heterocycles. The van der Waals surface area contributed by atoms with E-state index in [1.807, 2.05) is 13.8 Å². The third-order valence-electron chi connectivity index (χ3n) is 2.92. The fourth-order valence-corrected chi connectivity index (χ4v) is 1.81. The summed E-state index contributed by atoms with van der Waals surface area (Å²) < 4.78 is 0. The van der Waals surface area contributed by atoms with E-state index >= 15 is 0 Å². The molecule has 1 rings (SSSR count). The molecule has 0 spiro atoms. The summed E-state index contributed by atoms with van der Waals surface area (Å²) in [4.78, 5) is 4.28. The van der Waals surface area contributed by atoms with Crippen LogP contribution in [0.5, 0.6) is 5.75 Å². The molecule has 1 unspecified atom stereocenters. The van der Waals surface area contributed by atoms with Crippen LogP contribution in [-0.2, 0) is 6.54 Å². The predicted octanol–water partition coefficient (Wildman–Crippen LogP) is 1.74. The summed E-state index contributed by atoms with van der Waals surface area (Å²) >= 11 is 0. The molecule has 1 heterocycles. The van der Waals surface area contributed by atoms with Gasteiger partial charge in [0.2, 0.25) is 0 Å². The van der Waals surface area contributed by atoms with Gasteiger partial charge in [0.1, 0.15) is 5.75 Å². The molecule has 0 saturated heterocycles. The second-order valence-electron chi connectivity index (χ2n) is 4.74. The van der Waals surface area contributed by atoms with Crippen molar-refractivity contribution >= 4 is 0 Å². The first-order valence-electron chi connectivity index (χ1n) is 6.02. The van der Waals surface area contributed by atoms with Crippen LogP contribution >= 0.6 is 0 Å². The van der Waals surface area contributed by atoms with Crippen LogP contribution in [0.25, 0.3) is 0 Å². The van der Waals surface area contributed by atoms with Crippen LogP contribution in [0.2, 0.25) is 0 Å².